The van der Waals surface area contributed by atoms with E-state index in [2.05, 4.69) is 31.4 Å². The van der Waals surface area contributed by atoms with Gasteiger partial charge in [-0.2, -0.15) is 5.10 Å². The van der Waals surface area contributed by atoms with Crippen LogP contribution in [-0.4, -0.2) is 17.1 Å². The minimum absolute atomic E-state index is 0.361. The normalized spacial score (nSPS) is 10.8. The van der Waals surface area contributed by atoms with Crippen molar-refractivity contribution in [3.8, 4) is 0 Å². The van der Waals surface area contributed by atoms with E-state index in [4.69, 9.17) is 23.2 Å². The van der Waals surface area contributed by atoms with Crippen LogP contribution in [0.25, 0.3) is 0 Å². The summed E-state index contributed by atoms with van der Waals surface area (Å²) in [5, 5.41) is 4.84. The molecule has 0 saturated heterocycles. The van der Waals surface area contributed by atoms with E-state index in [-0.39, 0.29) is 5.91 Å². The molecule has 1 N–H and O–H groups in total. The van der Waals surface area contributed by atoms with E-state index in [1.54, 1.807) is 30.5 Å². The molecule has 0 spiro atoms. The lowest BCUT2D eigenvalue weighted by atomic mass is 10.2. The number of hydrogen-bond donors (Lipinski definition) is 1. The first-order chi connectivity index (χ1) is 9.56. The van der Waals surface area contributed by atoms with Gasteiger partial charge in [0.1, 0.15) is 0 Å². The minimum Gasteiger partial charge on any atom is -0.267 e. The van der Waals surface area contributed by atoms with Crippen molar-refractivity contribution in [1.82, 2.24) is 10.4 Å². The third kappa shape index (κ3) is 4.03. The van der Waals surface area contributed by atoms with Crippen molar-refractivity contribution < 1.29 is 4.79 Å². The van der Waals surface area contributed by atoms with Gasteiger partial charge in [0.15, 0.2) is 0 Å². The quantitative estimate of drug-likeness (QED) is 0.655. The third-order valence-electron chi connectivity index (χ3n) is 2.30. The number of carbonyl (C=O) groups is 1. The van der Waals surface area contributed by atoms with Gasteiger partial charge in [-0.05, 0) is 34.1 Å². The Bertz CT molecular complexity index is 676. The predicted molar refractivity (Wildman–Crippen MR) is 83.5 cm³/mol. The fourth-order valence-electron chi connectivity index (χ4n) is 1.37. The number of rotatable bonds is 3. The number of pyridine rings is 1. The van der Waals surface area contributed by atoms with E-state index in [9.17, 15) is 4.79 Å². The summed E-state index contributed by atoms with van der Waals surface area (Å²) in [6, 6.07) is 6.65. The molecule has 1 amide bonds. The second-order valence-electron chi connectivity index (χ2n) is 3.76. The van der Waals surface area contributed by atoms with E-state index in [0.29, 0.717) is 21.2 Å². The summed E-state index contributed by atoms with van der Waals surface area (Å²) in [5.41, 5.74) is 3.45. The zero-order chi connectivity index (χ0) is 14.5. The average Bonchev–Trinajstić information content (AvgIpc) is 2.41. The van der Waals surface area contributed by atoms with Crippen molar-refractivity contribution in [3.05, 3.63) is 62.3 Å². The highest BCUT2D eigenvalue weighted by atomic mass is 79.9. The first kappa shape index (κ1) is 15.0. The van der Waals surface area contributed by atoms with Crippen LogP contribution < -0.4 is 5.43 Å². The number of hydrazone groups is 1. The molecule has 0 aliphatic carbocycles. The maximum Gasteiger partial charge on any atom is 0.272 e. The largest absolute Gasteiger partial charge is 0.272 e. The maximum atomic E-state index is 11.8. The van der Waals surface area contributed by atoms with Crippen LogP contribution in [0, 0.1) is 0 Å². The molecule has 2 rings (SSSR count). The maximum absolute atomic E-state index is 11.8. The van der Waals surface area contributed by atoms with Crippen molar-refractivity contribution in [2.75, 3.05) is 0 Å². The molecule has 102 valence electrons. The van der Waals surface area contributed by atoms with E-state index >= 15 is 0 Å². The SMILES string of the molecule is O=C(NN=Cc1ccc(Cl)cc1Cl)c1cncc(Br)c1. The third-order valence-corrected chi connectivity index (χ3v) is 3.30. The van der Waals surface area contributed by atoms with E-state index in [0.717, 1.165) is 4.47 Å². The van der Waals surface area contributed by atoms with Crippen LogP contribution >= 0.6 is 39.1 Å². The molecular weight excluding hydrogens is 365 g/mol. The molecule has 0 unspecified atom stereocenters. The summed E-state index contributed by atoms with van der Waals surface area (Å²) in [6.07, 6.45) is 4.49. The lowest BCUT2D eigenvalue weighted by molar-refractivity contribution is 0.0954. The van der Waals surface area contributed by atoms with Gasteiger partial charge >= 0.3 is 0 Å². The molecule has 2 aromatic rings. The van der Waals surface area contributed by atoms with Crippen molar-refractivity contribution in [2.24, 2.45) is 5.10 Å². The molecule has 7 heteroatoms. The van der Waals surface area contributed by atoms with Gasteiger partial charge < -0.3 is 0 Å². The van der Waals surface area contributed by atoms with Crippen molar-refractivity contribution in [2.45, 2.75) is 0 Å². The smallest absolute Gasteiger partial charge is 0.267 e. The Balaban J connectivity index is 2.04. The lowest BCUT2D eigenvalue weighted by Crippen LogP contribution is -2.17. The van der Waals surface area contributed by atoms with Crippen molar-refractivity contribution >= 4 is 51.3 Å². The molecule has 0 saturated carbocycles. The zero-order valence-corrected chi connectivity index (χ0v) is 13.1. The molecule has 0 aliphatic rings. The van der Waals surface area contributed by atoms with Crippen LogP contribution in [-0.2, 0) is 0 Å². The standard InChI is InChI=1S/C13H8BrCl2N3O/c14-10-3-9(5-17-7-10)13(20)19-18-6-8-1-2-11(15)4-12(8)16/h1-7H,(H,19,20). The number of benzene rings is 1. The number of carbonyl (C=O) groups excluding carboxylic acids is 1. The summed E-state index contributed by atoms with van der Waals surface area (Å²) < 4.78 is 0.717. The predicted octanol–water partition coefficient (Wildman–Crippen LogP) is 3.91. The van der Waals surface area contributed by atoms with Gasteiger partial charge in [0.05, 0.1) is 16.8 Å². The van der Waals surface area contributed by atoms with Crippen molar-refractivity contribution in [3.63, 3.8) is 0 Å². The van der Waals surface area contributed by atoms with Gasteiger partial charge in [0, 0.05) is 27.5 Å². The zero-order valence-electron chi connectivity index (χ0n) is 9.98. The molecule has 20 heavy (non-hydrogen) atoms. The van der Waals surface area contributed by atoms with Crippen LogP contribution in [0.4, 0.5) is 0 Å². The molecule has 0 atom stereocenters. The number of nitrogens with zero attached hydrogens (tertiary/aromatic N) is 2. The molecule has 0 aliphatic heterocycles. The number of halogens is 3. The highest BCUT2D eigenvalue weighted by Crippen LogP contribution is 2.19. The topological polar surface area (TPSA) is 54.4 Å². The number of aromatic nitrogens is 1. The van der Waals surface area contributed by atoms with Crippen LogP contribution in [0.2, 0.25) is 10.0 Å². The van der Waals surface area contributed by atoms with E-state index in [1.807, 2.05) is 0 Å². The van der Waals surface area contributed by atoms with Gasteiger partial charge in [0.25, 0.3) is 5.91 Å². The summed E-state index contributed by atoms with van der Waals surface area (Å²) in [6.45, 7) is 0. The summed E-state index contributed by atoms with van der Waals surface area (Å²) >= 11 is 15.0. The second kappa shape index (κ2) is 6.83. The molecular formula is C13H8BrCl2N3O. The first-order valence-electron chi connectivity index (χ1n) is 5.45. The van der Waals surface area contributed by atoms with Crippen molar-refractivity contribution in [1.29, 1.82) is 0 Å². The summed E-state index contributed by atoms with van der Waals surface area (Å²) in [4.78, 5) is 15.7. The molecule has 0 fully saturated rings. The number of amides is 1. The van der Waals surface area contributed by atoms with E-state index < -0.39 is 0 Å². The Morgan fingerprint density at radius 1 is 1.30 bits per heavy atom. The Labute approximate surface area is 133 Å². The molecule has 0 radical (unpaired) electrons. The lowest BCUT2D eigenvalue weighted by Gasteiger charge is -2.01. The van der Waals surface area contributed by atoms with E-state index in [1.165, 1.54) is 12.4 Å². The van der Waals surface area contributed by atoms with Crippen LogP contribution in [0.15, 0.2) is 46.2 Å². The minimum atomic E-state index is -0.361. The fourth-order valence-corrected chi connectivity index (χ4v) is 2.19. The average molecular weight is 373 g/mol. The molecule has 1 heterocycles. The summed E-state index contributed by atoms with van der Waals surface area (Å²) in [5.74, 6) is -0.361. The Kier molecular flexibility index (Phi) is 5.11. The number of hydrogen-bond acceptors (Lipinski definition) is 3. The monoisotopic (exact) mass is 371 g/mol. The van der Waals surface area contributed by atoms with Gasteiger partial charge in [-0.3, -0.25) is 9.78 Å². The van der Waals surface area contributed by atoms with Gasteiger partial charge in [-0.1, -0.05) is 29.3 Å². The second-order valence-corrected chi connectivity index (χ2v) is 5.52. The van der Waals surface area contributed by atoms with Gasteiger partial charge in [-0.25, -0.2) is 5.43 Å². The molecule has 1 aromatic carbocycles. The Hall–Kier alpha value is -1.43. The fraction of sp³-hybridized carbons (Fsp3) is 0. The molecule has 4 nitrogen and oxygen atoms in total. The molecule has 0 bridgehead atoms. The Morgan fingerprint density at radius 2 is 2.10 bits per heavy atom. The van der Waals surface area contributed by atoms with Crippen LogP contribution in [0.3, 0.4) is 0 Å². The van der Waals surface area contributed by atoms with Crippen LogP contribution in [0.5, 0.6) is 0 Å². The first-order valence-corrected chi connectivity index (χ1v) is 7.00. The number of nitrogens with one attached hydrogen (secondary N) is 1. The Morgan fingerprint density at radius 3 is 2.80 bits per heavy atom. The highest BCUT2D eigenvalue weighted by molar-refractivity contribution is 9.10. The molecule has 1 aromatic heterocycles. The summed E-state index contributed by atoms with van der Waals surface area (Å²) in [7, 11) is 0. The van der Waals surface area contributed by atoms with Gasteiger partial charge in [-0.15, -0.1) is 0 Å². The van der Waals surface area contributed by atoms with Gasteiger partial charge in [0.2, 0.25) is 0 Å². The van der Waals surface area contributed by atoms with Crippen LogP contribution in [0.1, 0.15) is 15.9 Å². The highest BCUT2D eigenvalue weighted by Gasteiger charge is 2.05.